The summed E-state index contributed by atoms with van der Waals surface area (Å²) in [5, 5.41) is 0.872. The summed E-state index contributed by atoms with van der Waals surface area (Å²) in [7, 11) is 0. The molecule has 0 radical (unpaired) electrons. The van der Waals surface area contributed by atoms with E-state index in [2.05, 4.69) is 46.3 Å². The van der Waals surface area contributed by atoms with Crippen molar-refractivity contribution in [3.05, 3.63) is 65.1 Å². The zero-order chi connectivity index (χ0) is 17.1. The molecule has 0 bridgehead atoms. The van der Waals surface area contributed by atoms with Crippen LogP contribution in [0.1, 0.15) is 24.8 Å². The lowest BCUT2D eigenvalue weighted by Gasteiger charge is -2.27. The van der Waals surface area contributed by atoms with Crippen LogP contribution in [0.25, 0.3) is 17.2 Å². The molecule has 0 atom stereocenters. The number of carbonyl (C=O) groups excluding carboxylic acids is 1. The van der Waals surface area contributed by atoms with Crippen LogP contribution in [0.4, 0.5) is 0 Å². The number of hydrogen-bond donors (Lipinski definition) is 0. The average Bonchev–Trinajstić information content (AvgIpc) is 3.04. The quantitative estimate of drug-likeness (QED) is 0.730. The minimum Gasteiger partial charge on any atom is -0.351 e. The largest absolute Gasteiger partial charge is 0.351 e. The first kappa shape index (κ1) is 16.2. The van der Waals surface area contributed by atoms with Crippen LogP contribution in [0, 0.1) is 0 Å². The first-order chi connectivity index (χ1) is 12.3. The molecule has 4 heteroatoms. The molecule has 0 N–H and O–H groups in total. The van der Waals surface area contributed by atoms with Crippen molar-refractivity contribution in [2.24, 2.45) is 4.99 Å². The Morgan fingerprint density at radius 3 is 2.28 bits per heavy atom. The van der Waals surface area contributed by atoms with Gasteiger partial charge in [-0.2, -0.15) is 4.99 Å². The van der Waals surface area contributed by atoms with E-state index in [1.165, 1.54) is 42.2 Å². The number of rotatable bonds is 2. The maximum absolute atomic E-state index is 12.2. The number of aliphatic imine (C=N–C) groups is 1. The molecule has 2 aromatic carbocycles. The van der Waals surface area contributed by atoms with Crippen molar-refractivity contribution in [2.75, 3.05) is 13.1 Å². The van der Waals surface area contributed by atoms with Gasteiger partial charge in [0.1, 0.15) is 0 Å². The topological polar surface area (TPSA) is 32.7 Å². The molecule has 0 unspecified atom stereocenters. The number of amidine groups is 1. The van der Waals surface area contributed by atoms with Crippen LogP contribution in [0.5, 0.6) is 0 Å². The number of likely N-dealkylation sites (tertiary alicyclic amines) is 1. The monoisotopic (exact) mass is 348 g/mol. The predicted octanol–water partition coefficient (Wildman–Crippen LogP) is 4.81. The lowest BCUT2D eigenvalue weighted by atomic mass is 10.0. The highest BCUT2D eigenvalue weighted by molar-refractivity contribution is 8.18. The van der Waals surface area contributed by atoms with Crippen molar-refractivity contribution < 1.29 is 4.79 Å². The van der Waals surface area contributed by atoms with E-state index in [-0.39, 0.29) is 5.91 Å². The molecule has 2 heterocycles. The van der Waals surface area contributed by atoms with E-state index in [4.69, 9.17) is 0 Å². The third-order valence-corrected chi connectivity index (χ3v) is 5.60. The first-order valence-electron chi connectivity index (χ1n) is 8.73. The van der Waals surface area contributed by atoms with Crippen LogP contribution in [0.3, 0.4) is 0 Å². The second-order valence-electron chi connectivity index (χ2n) is 6.35. The lowest BCUT2D eigenvalue weighted by molar-refractivity contribution is -0.113. The number of amides is 1. The van der Waals surface area contributed by atoms with Gasteiger partial charge < -0.3 is 4.90 Å². The fourth-order valence-corrected chi connectivity index (χ4v) is 4.14. The van der Waals surface area contributed by atoms with E-state index in [1.54, 1.807) is 0 Å². The smallest absolute Gasteiger partial charge is 0.286 e. The number of benzene rings is 2. The van der Waals surface area contributed by atoms with Gasteiger partial charge in [-0.15, -0.1) is 0 Å². The highest BCUT2D eigenvalue weighted by Gasteiger charge is 2.26. The molecule has 1 saturated heterocycles. The molecule has 0 saturated carbocycles. The summed E-state index contributed by atoms with van der Waals surface area (Å²) in [6, 6.07) is 18.6. The third-order valence-electron chi connectivity index (χ3n) is 4.55. The van der Waals surface area contributed by atoms with Gasteiger partial charge in [-0.3, -0.25) is 4.79 Å². The SMILES string of the molecule is O=C1N=C(N2CCCCC2)S/C1=C\c1ccc(-c2ccccc2)cc1. The standard InChI is InChI=1S/C21H20N2OS/c24-20-19(25-21(22-20)23-13-5-2-6-14-23)15-16-9-11-18(12-10-16)17-7-3-1-4-8-17/h1,3-4,7-12,15H,2,5-6,13-14H2/b19-15-. The summed E-state index contributed by atoms with van der Waals surface area (Å²) in [4.78, 5) is 19.4. The lowest BCUT2D eigenvalue weighted by Crippen LogP contribution is -2.33. The molecular weight excluding hydrogens is 328 g/mol. The Balaban J connectivity index is 1.49. The van der Waals surface area contributed by atoms with Crippen LogP contribution >= 0.6 is 11.8 Å². The third kappa shape index (κ3) is 3.69. The van der Waals surface area contributed by atoms with E-state index in [0.29, 0.717) is 4.91 Å². The Bertz CT molecular complexity index is 819. The summed E-state index contributed by atoms with van der Waals surface area (Å²) in [5.41, 5.74) is 3.41. The first-order valence-corrected chi connectivity index (χ1v) is 9.54. The number of nitrogens with zero attached hydrogens (tertiary/aromatic N) is 2. The minimum absolute atomic E-state index is 0.113. The van der Waals surface area contributed by atoms with Gasteiger partial charge in [0.25, 0.3) is 5.91 Å². The Hall–Kier alpha value is -2.33. The molecule has 0 spiro atoms. The number of hydrogen-bond acceptors (Lipinski definition) is 3. The van der Waals surface area contributed by atoms with E-state index >= 15 is 0 Å². The normalized spacial score (nSPS) is 19.4. The Kier molecular flexibility index (Phi) is 4.70. The van der Waals surface area contributed by atoms with Crippen LogP contribution in [0.2, 0.25) is 0 Å². The fraction of sp³-hybridized carbons (Fsp3) is 0.238. The predicted molar refractivity (Wildman–Crippen MR) is 105 cm³/mol. The molecule has 2 aliphatic rings. The highest BCUT2D eigenvalue weighted by atomic mass is 32.2. The van der Waals surface area contributed by atoms with Crippen molar-refractivity contribution in [1.82, 2.24) is 4.90 Å². The minimum atomic E-state index is -0.113. The van der Waals surface area contributed by atoms with E-state index in [0.717, 1.165) is 23.8 Å². The van der Waals surface area contributed by atoms with Gasteiger partial charge >= 0.3 is 0 Å². The molecule has 4 rings (SSSR count). The van der Waals surface area contributed by atoms with Gasteiger partial charge in [-0.05, 0) is 53.8 Å². The molecular formula is C21H20N2OS. The number of thioether (sulfide) groups is 1. The van der Waals surface area contributed by atoms with Crippen molar-refractivity contribution >= 4 is 28.9 Å². The van der Waals surface area contributed by atoms with Gasteiger partial charge in [0, 0.05) is 13.1 Å². The summed E-state index contributed by atoms with van der Waals surface area (Å²) in [6.45, 7) is 2.02. The highest BCUT2D eigenvalue weighted by Crippen LogP contribution is 2.31. The summed E-state index contributed by atoms with van der Waals surface area (Å²) >= 11 is 1.51. The number of piperidine rings is 1. The van der Waals surface area contributed by atoms with E-state index < -0.39 is 0 Å². The Labute approximate surface area is 152 Å². The Morgan fingerprint density at radius 1 is 0.880 bits per heavy atom. The van der Waals surface area contributed by atoms with Crippen LogP contribution < -0.4 is 0 Å². The number of carbonyl (C=O) groups is 1. The molecule has 1 fully saturated rings. The average molecular weight is 348 g/mol. The van der Waals surface area contributed by atoms with Gasteiger partial charge in [-0.25, -0.2) is 0 Å². The van der Waals surface area contributed by atoms with E-state index in [1.807, 2.05) is 24.3 Å². The maximum Gasteiger partial charge on any atom is 0.286 e. The van der Waals surface area contributed by atoms with Crippen molar-refractivity contribution in [3.63, 3.8) is 0 Å². The molecule has 25 heavy (non-hydrogen) atoms. The molecule has 2 aromatic rings. The zero-order valence-electron chi connectivity index (χ0n) is 14.0. The van der Waals surface area contributed by atoms with Gasteiger partial charge in [0.05, 0.1) is 4.91 Å². The van der Waals surface area contributed by atoms with Crippen LogP contribution in [-0.4, -0.2) is 29.1 Å². The molecule has 3 nitrogen and oxygen atoms in total. The maximum atomic E-state index is 12.2. The van der Waals surface area contributed by atoms with E-state index in [9.17, 15) is 4.79 Å². The van der Waals surface area contributed by atoms with Gasteiger partial charge in [0.15, 0.2) is 5.17 Å². The van der Waals surface area contributed by atoms with Gasteiger partial charge in [0.2, 0.25) is 0 Å². The van der Waals surface area contributed by atoms with Crippen molar-refractivity contribution in [3.8, 4) is 11.1 Å². The zero-order valence-corrected chi connectivity index (χ0v) is 14.8. The second-order valence-corrected chi connectivity index (χ2v) is 7.36. The van der Waals surface area contributed by atoms with Crippen molar-refractivity contribution in [2.45, 2.75) is 19.3 Å². The summed E-state index contributed by atoms with van der Waals surface area (Å²) in [5.74, 6) is -0.113. The van der Waals surface area contributed by atoms with Gasteiger partial charge in [-0.1, -0.05) is 54.6 Å². The van der Waals surface area contributed by atoms with Crippen LogP contribution in [-0.2, 0) is 4.79 Å². The molecule has 0 aliphatic carbocycles. The van der Waals surface area contributed by atoms with Crippen molar-refractivity contribution in [1.29, 1.82) is 0 Å². The fourth-order valence-electron chi connectivity index (χ4n) is 3.17. The summed E-state index contributed by atoms with van der Waals surface area (Å²) < 4.78 is 0. The van der Waals surface area contributed by atoms with Crippen LogP contribution in [0.15, 0.2) is 64.5 Å². The summed E-state index contributed by atoms with van der Waals surface area (Å²) in [6.07, 6.45) is 5.60. The molecule has 1 amide bonds. The molecule has 0 aromatic heterocycles. The Morgan fingerprint density at radius 2 is 1.56 bits per heavy atom. The molecule has 126 valence electrons. The second kappa shape index (κ2) is 7.28. The molecule has 2 aliphatic heterocycles.